The minimum atomic E-state index is -0.634. The lowest BCUT2D eigenvalue weighted by Gasteiger charge is -2.15. The average Bonchev–Trinajstić information content (AvgIpc) is 3.14. The molecule has 2 N–H and O–H groups in total. The first kappa shape index (κ1) is 21.5. The molecule has 7 heteroatoms. The van der Waals surface area contributed by atoms with Crippen LogP contribution in [0.2, 0.25) is 5.02 Å². The van der Waals surface area contributed by atoms with E-state index in [1.54, 1.807) is 32.0 Å². The Morgan fingerprint density at radius 2 is 1.59 bits per heavy atom. The van der Waals surface area contributed by atoms with Gasteiger partial charge in [0, 0.05) is 16.1 Å². The fraction of sp³-hybridized carbons (Fsp3) is 0.120. The number of ether oxygens (including phenoxy) is 1. The second kappa shape index (κ2) is 9.16. The molecule has 6 nitrogen and oxygen atoms in total. The van der Waals surface area contributed by atoms with E-state index >= 15 is 0 Å². The van der Waals surface area contributed by atoms with Gasteiger partial charge in [-0.05, 0) is 43.2 Å². The van der Waals surface area contributed by atoms with E-state index in [0.717, 1.165) is 22.3 Å². The maximum absolute atomic E-state index is 12.5. The Hall–Kier alpha value is -3.77. The molecule has 3 aromatic carbocycles. The molecule has 0 saturated carbocycles. The number of hydrogen-bond acceptors (Lipinski definition) is 5. The number of phenolic OH excluding ortho intramolecular Hbond substituents is 1. The number of aryl methyl sites for hydroxylation is 1. The van der Waals surface area contributed by atoms with Crippen LogP contribution in [0.25, 0.3) is 22.5 Å². The van der Waals surface area contributed by atoms with Crippen LogP contribution >= 0.6 is 11.6 Å². The van der Waals surface area contributed by atoms with Crippen molar-refractivity contribution in [1.82, 2.24) is 5.16 Å². The number of halogens is 1. The summed E-state index contributed by atoms with van der Waals surface area (Å²) < 4.78 is 11.0. The Labute approximate surface area is 190 Å². The molecule has 0 aliphatic heterocycles. The molecule has 1 amide bonds. The van der Waals surface area contributed by atoms with Crippen molar-refractivity contribution in [2.45, 2.75) is 20.0 Å². The molecule has 162 valence electrons. The number of carbonyl (C=O) groups excluding carboxylic acids is 1. The quantitative estimate of drug-likeness (QED) is 0.344. The van der Waals surface area contributed by atoms with Gasteiger partial charge in [-0.15, -0.1) is 0 Å². The summed E-state index contributed by atoms with van der Waals surface area (Å²) in [5.41, 5.74) is 4.40. The Bertz CT molecular complexity index is 1230. The van der Waals surface area contributed by atoms with Gasteiger partial charge in [-0.25, -0.2) is 4.79 Å². The fourth-order valence-corrected chi connectivity index (χ4v) is 3.63. The van der Waals surface area contributed by atoms with Gasteiger partial charge in [0.1, 0.15) is 23.2 Å². The molecule has 32 heavy (non-hydrogen) atoms. The van der Waals surface area contributed by atoms with E-state index in [1.807, 2.05) is 54.6 Å². The zero-order valence-corrected chi connectivity index (χ0v) is 18.3. The highest BCUT2D eigenvalue weighted by molar-refractivity contribution is 6.31. The molecule has 1 atom stereocenters. The molecule has 0 radical (unpaired) electrons. The van der Waals surface area contributed by atoms with Crippen LogP contribution < -0.4 is 5.32 Å². The number of phenols is 1. The van der Waals surface area contributed by atoms with Crippen molar-refractivity contribution in [3.05, 3.63) is 89.1 Å². The third kappa shape index (κ3) is 4.60. The average molecular weight is 449 g/mol. The zero-order chi connectivity index (χ0) is 22.7. The number of aromatic hydroxyl groups is 1. The van der Waals surface area contributed by atoms with E-state index < -0.39 is 12.2 Å². The van der Waals surface area contributed by atoms with Crippen molar-refractivity contribution >= 4 is 23.4 Å². The monoisotopic (exact) mass is 448 g/mol. The Kier molecular flexibility index (Phi) is 6.14. The van der Waals surface area contributed by atoms with Gasteiger partial charge in [-0.2, -0.15) is 0 Å². The lowest BCUT2D eigenvalue weighted by Crippen LogP contribution is -2.17. The van der Waals surface area contributed by atoms with Crippen molar-refractivity contribution in [3.8, 4) is 28.2 Å². The van der Waals surface area contributed by atoms with Crippen molar-refractivity contribution < 1.29 is 19.2 Å². The predicted molar refractivity (Wildman–Crippen MR) is 124 cm³/mol. The van der Waals surface area contributed by atoms with Crippen molar-refractivity contribution in [1.29, 1.82) is 0 Å². The summed E-state index contributed by atoms with van der Waals surface area (Å²) in [7, 11) is 0. The second-order valence-corrected chi connectivity index (χ2v) is 7.70. The van der Waals surface area contributed by atoms with Gasteiger partial charge in [-0.1, -0.05) is 71.4 Å². The van der Waals surface area contributed by atoms with Crippen LogP contribution in [0.4, 0.5) is 10.5 Å². The summed E-state index contributed by atoms with van der Waals surface area (Å²) in [5, 5.41) is 16.7. The Morgan fingerprint density at radius 1 is 1.00 bits per heavy atom. The van der Waals surface area contributed by atoms with Crippen LogP contribution in [0.5, 0.6) is 5.75 Å². The van der Waals surface area contributed by atoms with E-state index in [-0.39, 0.29) is 5.75 Å². The highest BCUT2D eigenvalue weighted by Gasteiger charge is 2.20. The molecule has 0 bridgehead atoms. The number of aromatic nitrogens is 1. The minimum absolute atomic E-state index is 0.217. The number of carbonyl (C=O) groups is 1. The lowest BCUT2D eigenvalue weighted by atomic mass is 10.0. The number of hydrogen-bond donors (Lipinski definition) is 2. The van der Waals surface area contributed by atoms with Crippen molar-refractivity contribution in [2.24, 2.45) is 0 Å². The number of benzene rings is 3. The van der Waals surface area contributed by atoms with Crippen LogP contribution in [-0.2, 0) is 4.74 Å². The number of rotatable bonds is 5. The predicted octanol–water partition coefficient (Wildman–Crippen LogP) is 6.99. The summed E-state index contributed by atoms with van der Waals surface area (Å²) in [6, 6.07) is 21.8. The second-order valence-electron chi connectivity index (χ2n) is 7.29. The lowest BCUT2D eigenvalue weighted by molar-refractivity contribution is 0.121. The molecule has 1 aromatic heterocycles. The smallest absolute Gasteiger partial charge is 0.412 e. The standard InChI is InChI=1S/C25H21ClN2O4/c1-15-23(27-25(30)31-16(2)21-5-3-4-6-22(21)26)24(32-28-15)19-9-7-17(8-10-19)18-11-13-20(29)14-12-18/h3-14,16,29H,1-2H3,(H,27,30). The van der Waals surface area contributed by atoms with E-state index in [0.29, 0.717) is 22.2 Å². The van der Waals surface area contributed by atoms with Gasteiger partial charge in [0.15, 0.2) is 5.76 Å². The van der Waals surface area contributed by atoms with Crippen LogP contribution in [0.15, 0.2) is 77.3 Å². The largest absolute Gasteiger partial charge is 0.508 e. The molecular weight excluding hydrogens is 428 g/mol. The molecule has 0 fully saturated rings. The third-order valence-electron chi connectivity index (χ3n) is 5.06. The van der Waals surface area contributed by atoms with Crippen molar-refractivity contribution in [2.75, 3.05) is 5.32 Å². The first-order valence-electron chi connectivity index (χ1n) is 10.0. The van der Waals surface area contributed by atoms with Crippen LogP contribution in [0, 0.1) is 6.92 Å². The number of nitrogens with zero attached hydrogens (tertiary/aromatic N) is 1. The molecule has 1 unspecified atom stereocenters. The van der Waals surface area contributed by atoms with Gasteiger partial charge in [0.2, 0.25) is 0 Å². The summed E-state index contributed by atoms with van der Waals surface area (Å²) >= 11 is 6.19. The van der Waals surface area contributed by atoms with Gasteiger partial charge in [0.05, 0.1) is 0 Å². The molecule has 0 spiro atoms. The topological polar surface area (TPSA) is 84.6 Å². The van der Waals surface area contributed by atoms with E-state index in [2.05, 4.69) is 10.5 Å². The van der Waals surface area contributed by atoms with Gasteiger partial charge >= 0.3 is 6.09 Å². The Morgan fingerprint density at radius 3 is 2.25 bits per heavy atom. The molecule has 0 aliphatic carbocycles. The van der Waals surface area contributed by atoms with Gasteiger partial charge in [-0.3, -0.25) is 5.32 Å². The van der Waals surface area contributed by atoms with Crippen molar-refractivity contribution in [3.63, 3.8) is 0 Å². The van der Waals surface area contributed by atoms with Crippen LogP contribution in [-0.4, -0.2) is 16.4 Å². The number of anilines is 1. The highest BCUT2D eigenvalue weighted by atomic mass is 35.5. The first-order chi connectivity index (χ1) is 15.4. The summed E-state index contributed by atoms with van der Waals surface area (Å²) in [5.74, 6) is 0.649. The van der Waals surface area contributed by atoms with E-state index in [1.165, 1.54) is 0 Å². The number of amides is 1. The Balaban J connectivity index is 1.51. The maximum Gasteiger partial charge on any atom is 0.412 e. The summed E-state index contributed by atoms with van der Waals surface area (Å²) in [6.45, 7) is 3.50. The normalized spacial score (nSPS) is 11.7. The molecule has 4 aromatic rings. The van der Waals surface area contributed by atoms with Gasteiger partial charge in [0.25, 0.3) is 0 Å². The maximum atomic E-state index is 12.5. The molecule has 4 rings (SSSR count). The van der Waals surface area contributed by atoms with E-state index in [9.17, 15) is 9.90 Å². The van der Waals surface area contributed by atoms with Crippen LogP contribution in [0.1, 0.15) is 24.3 Å². The fourth-order valence-electron chi connectivity index (χ4n) is 3.34. The SMILES string of the molecule is Cc1noc(-c2ccc(-c3ccc(O)cc3)cc2)c1NC(=O)OC(C)c1ccccc1Cl. The van der Waals surface area contributed by atoms with Crippen LogP contribution in [0.3, 0.4) is 0 Å². The number of nitrogens with one attached hydrogen (secondary N) is 1. The zero-order valence-electron chi connectivity index (χ0n) is 17.5. The first-order valence-corrected chi connectivity index (χ1v) is 10.4. The molecular formula is C25H21ClN2O4. The minimum Gasteiger partial charge on any atom is -0.508 e. The summed E-state index contributed by atoms with van der Waals surface area (Å²) in [4.78, 5) is 12.5. The van der Waals surface area contributed by atoms with E-state index in [4.69, 9.17) is 20.9 Å². The molecule has 0 saturated heterocycles. The summed E-state index contributed by atoms with van der Waals surface area (Å²) in [6.07, 6.45) is -1.16. The molecule has 0 aliphatic rings. The molecule has 1 heterocycles. The highest BCUT2D eigenvalue weighted by Crippen LogP contribution is 2.33. The van der Waals surface area contributed by atoms with Gasteiger partial charge < -0.3 is 14.4 Å². The third-order valence-corrected chi connectivity index (χ3v) is 5.41.